The van der Waals surface area contributed by atoms with Crippen molar-refractivity contribution in [2.75, 3.05) is 6.61 Å². The SMILES string of the molecule is CCCCCCCCCCCC(=O)OCC(C)OC(=O)CCCCCCCCC. The van der Waals surface area contributed by atoms with Gasteiger partial charge in [-0.3, -0.25) is 9.59 Å². The lowest BCUT2D eigenvalue weighted by Gasteiger charge is -2.13. The standard InChI is InChI=1S/C25H48O4/c1-4-6-8-10-12-13-15-16-18-20-24(26)28-22-23(3)29-25(27)21-19-17-14-11-9-7-5-2/h23H,4-22H2,1-3H3. The van der Waals surface area contributed by atoms with E-state index in [9.17, 15) is 9.59 Å². The first-order chi connectivity index (χ1) is 14.1. The number of rotatable bonds is 21. The van der Waals surface area contributed by atoms with Crippen LogP contribution in [0.25, 0.3) is 0 Å². The van der Waals surface area contributed by atoms with Gasteiger partial charge < -0.3 is 9.47 Å². The Bertz CT molecular complexity index is 381. The van der Waals surface area contributed by atoms with Crippen LogP contribution in [-0.2, 0) is 19.1 Å². The molecule has 0 radical (unpaired) electrons. The van der Waals surface area contributed by atoms with Gasteiger partial charge in [0.15, 0.2) is 0 Å². The second-order valence-electron chi connectivity index (χ2n) is 8.43. The minimum Gasteiger partial charge on any atom is -0.462 e. The summed E-state index contributed by atoms with van der Waals surface area (Å²) in [5.41, 5.74) is 0. The molecule has 0 spiro atoms. The van der Waals surface area contributed by atoms with E-state index in [4.69, 9.17) is 9.47 Å². The lowest BCUT2D eigenvalue weighted by Crippen LogP contribution is -2.22. The first kappa shape index (κ1) is 27.9. The van der Waals surface area contributed by atoms with Gasteiger partial charge in [0.2, 0.25) is 0 Å². The molecule has 0 aromatic carbocycles. The van der Waals surface area contributed by atoms with Gasteiger partial charge in [0.05, 0.1) is 0 Å². The first-order valence-electron chi connectivity index (χ1n) is 12.4. The molecule has 0 saturated carbocycles. The van der Waals surface area contributed by atoms with E-state index in [0.29, 0.717) is 12.8 Å². The Morgan fingerprint density at radius 3 is 1.41 bits per heavy atom. The molecule has 4 nitrogen and oxygen atoms in total. The highest BCUT2D eigenvalue weighted by Crippen LogP contribution is 2.11. The summed E-state index contributed by atoms with van der Waals surface area (Å²) >= 11 is 0. The molecule has 0 bridgehead atoms. The molecule has 0 amide bonds. The van der Waals surface area contributed by atoms with Gasteiger partial charge in [-0.25, -0.2) is 0 Å². The Kier molecular flexibility index (Phi) is 20.9. The molecule has 0 rings (SSSR count). The number of esters is 2. The van der Waals surface area contributed by atoms with Crippen molar-refractivity contribution in [3.8, 4) is 0 Å². The molecule has 0 aromatic rings. The predicted octanol–water partition coefficient (Wildman–Crippen LogP) is 7.52. The third kappa shape index (κ3) is 21.5. The molecule has 4 heteroatoms. The zero-order valence-electron chi connectivity index (χ0n) is 19.6. The van der Waals surface area contributed by atoms with Crippen LogP contribution < -0.4 is 0 Å². The maximum Gasteiger partial charge on any atom is 0.306 e. The van der Waals surface area contributed by atoms with Crippen molar-refractivity contribution in [3.63, 3.8) is 0 Å². The fraction of sp³-hybridized carbons (Fsp3) is 0.920. The average molecular weight is 413 g/mol. The monoisotopic (exact) mass is 412 g/mol. The molecular formula is C25H48O4. The maximum absolute atomic E-state index is 11.8. The second kappa shape index (κ2) is 21.6. The van der Waals surface area contributed by atoms with Crippen LogP contribution in [0.5, 0.6) is 0 Å². The van der Waals surface area contributed by atoms with Crippen LogP contribution in [0, 0.1) is 0 Å². The number of hydrogen-bond donors (Lipinski definition) is 0. The maximum atomic E-state index is 11.8. The number of hydrogen-bond acceptors (Lipinski definition) is 4. The molecule has 0 saturated heterocycles. The summed E-state index contributed by atoms with van der Waals surface area (Å²) < 4.78 is 10.6. The minimum atomic E-state index is -0.362. The van der Waals surface area contributed by atoms with E-state index in [2.05, 4.69) is 13.8 Å². The highest BCUT2D eigenvalue weighted by Gasteiger charge is 2.12. The third-order valence-electron chi connectivity index (χ3n) is 5.28. The Hall–Kier alpha value is -1.06. The Balaban J connectivity index is 3.48. The van der Waals surface area contributed by atoms with Crippen LogP contribution in [0.4, 0.5) is 0 Å². The quantitative estimate of drug-likeness (QED) is 0.144. The lowest BCUT2D eigenvalue weighted by atomic mass is 10.1. The molecule has 0 aliphatic rings. The van der Waals surface area contributed by atoms with E-state index in [0.717, 1.165) is 25.7 Å². The molecule has 0 aromatic heterocycles. The molecule has 0 aliphatic carbocycles. The van der Waals surface area contributed by atoms with Gasteiger partial charge in [-0.15, -0.1) is 0 Å². The summed E-state index contributed by atoms with van der Waals surface area (Å²) in [4.78, 5) is 23.6. The van der Waals surface area contributed by atoms with Crippen LogP contribution >= 0.6 is 0 Å². The molecule has 29 heavy (non-hydrogen) atoms. The smallest absolute Gasteiger partial charge is 0.306 e. The molecule has 172 valence electrons. The van der Waals surface area contributed by atoms with Crippen molar-refractivity contribution in [2.24, 2.45) is 0 Å². The number of ether oxygens (including phenoxy) is 2. The first-order valence-corrected chi connectivity index (χ1v) is 12.4. The summed E-state index contributed by atoms with van der Waals surface area (Å²) in [6, 6.07) is 0. The number of carbonyl (C=O) groups excluding carboxylic acids is 2. The predicted molar refractivity (Wildman–Crippen MR) is 121 cm³/mol. The van der Waals surface area contributed by atoms with Gasteiger partial charge in [-0.05, 0) is 19.8 Å². The van der Waals surface area contributed by atoms with Crippen molar-refractivity contribution in [1.29, 1.82) is 0 Å². The van der Waals surface area contributed by atoms with Crippen LogP contribution in [0.15, 0.2) is 0 Å². The van der Waals surface area contributed by atoms with Gasteiger partial charge >= 0.3 is 11.9 Å². The van der Waals surface area contributed by atoms with Crippen LogP contribution in [-0.4, -0.2) is 24.6 Å². The second-order valence-corrected chi connectivity index (χ2v) is 8.43. The van der Waals surface area contributed by atoms with E-state index >= 15 is 0 Å². The zero-order valence-corrected chi connectivity index (χ0v) is 19.6. The third-order valence-corrected chi connectivity index (χ3v) is 5.28. The van der Waals surface area contributed by atoms with E-state index in [1.807, 2.05) is 0 Å². The normalized spacial score (nSPS) is 12.0. The topological polar surface area (TPSA) is 52.6 Å². The van der Waals surface area contributed by atoms with E-state index in [1.54, 1.807) is 6.92 Å². The Morgan fingerprint density at radius 2 is 0.966 bits per heavy atom. The average Bonchev–Trinajstić information content (AvgIpc) is 2.70. The highest BCUT2D eigenvalue weighted by molar-refractivity contribution is 5.70. The molecule has 1 atom stereocenters. The molecule has 1 unspecified atom stereocenters. The molecule has 0 aliphatic heterocycles. The van der Waals surface area contributed by atoms with Gasteiger partial charge in [-0.2, -0.15) is 0 Å². The van der Waals surface area contributed by atoms with Crippen LogP contribution in [0.2, 0.25) is 0 Å². The van der Waals surface area contributed by atoms with Crippen molar-refractivity contribution in [1.82, 2.24) is 0 Å². The van der Waals surface area contributed by atoms with Gasteiger partial charge in [0, 0.05) is 12.8 Å². The fourth-order valence-electron chi connectivity index (χ4n) is 3.41. The largest absolute Gasteiger partial charge is 0.462 e. The minimum absolute atomic E-state index is 0.166. The summed E-state index contributed by atoms with van der Waals surface area (Å²) in [6.07, 6.45) is 19.9. The van der Waals surface area contributed by atoms with E-state index in [-0.39, 0.29) is 24.6 Å². The molecule has 0 heterocycles. The molecule has 0 N–H and O–H groups in total. The Labute approximate surface area is 180 Å². The number of unbranched alkanes of at least 4 members (excludes halogenated alkanes) is 14. The van der Waals surface area contributed by atoms with Gasteiger partial charge in [0.25, 0.3) is 0 Å². The van der Waals surface area contributed by atoms with Crippen molar-refractivity contribution >= 4 is 11.9 Å². The van der Waals surface area contributed by atoms with Gasteiger partial charge in [0.1, 0.15) is 12.7 Å². The summed E-state index contributed by atoms with van der Waals surface area (Å²) in [6.45, 7) is 6.40. The summed E-state index contributed by atoms with van der Waals surface area (Å²) in [7, 11) is 0. The van der Waals surface area contributed by atoms with E-state index < -0.39 is 0 Å². The lowest BCUT2D eigenvalue weighted by molar-refractivity contribution is -0.158. The summed E-state index contributed by atoms with van der Waals surface area (Å²) in [5.74, 6) is -0.357. The van der Waals surface area contributed by atoms with Crippen molar-refractivity contribution < 1.29 is 19.1 Å². The van der Waals surface area contributed by atoms with Crippen LogP contribution in [0.1, 0.15) is 136 Å². The van der Waals surface area contributed by atoms with Gasteiger partial charge in [-0.1, -0.05) is 104 Å². The highest BCUT2D eigenvalue weighted by atomic mass is 16.6. The molecular weight excluding hydrogens is 364 g/mol. The number of carbonyl (C=O) groups is 2. The molecule has 0 fully saturated rings. The Morgan fingerprint density at radius 1 is 0.586 bits per heavy atom. The van der Waals surface area contributed by atoms with Crippen molar-refractivity contribution in [3.05, 3.63) is 0 Å². The van der Waals surface area contributed by atoms with Crippen molar-refractivity contribution in [2.45, 2.75) is 142 Å². The van der Waals surface area contributed by atoms with E-state index in [1.165, 1.54) is 77.0 Å². The fourth-order valence-corrected chi connectivity index (χ4v) is 3.41. The zero-order chi connectivity index (χ0) is 21.6. The van der Waals surface area contributed by atoms with Crippen LogP contribution in [0.3, 0.4) is 0 Å². The summed E-state index contributed by atoms with van der Waals surface area (Å²) in [5, 5.41) is 0.